The number of esters is 1. The van der Waals surface area contributed by atoms with E-state index in [4.69, 9.17) is 16.3 Å². The number of thioether (sulfide) groups is 1. The van der Waals surface area contributed by atoms with E-state index in [1.165, 1.54) is 7.11 Å². The van der Waals surface area contributed by atoms with Gasteiger partial charge in [-0.1, -0.05) is 11.6 Å². The molecule has 5 nitrogen and oxygen atoms in total. The molecule has 0 saturated heterocycles. The third-order valence-corrected chi connectivity index (χ3v) is 4.36. The molecule has 124 valence electrons. The first kappa shape index (κ1) is 17.7. The fourth-order valence-electron chi connectivity index (χ4n) is 2.33. The summed E-state index contributed by atoms with van der Waals surface area (Å²) in [6.07, 6.45) is 4.32. The first-order valence-electron chi connectivity index (χ1n) is 7.15. The van der Waals surface area contributed by atoms with Crippen LogP contribution >= 0.6 is 23.4 Å². The predicted octanol–water partition coefficient (Wildman–Crippen LogP) is 2.71. The number of carbonyl (C=O) groups excluding carboxylic acids is 2. The van der Waals surface area contributed by atoms with Crippen LogP contribution in [0.1, 0.15) is 6.42 Å². The fourth-order valence-corrected chi connectivity index (χ4v) is 2.98. The average molecular weight is 355 g/mol. The van der Waals surface area contributed by atoms with Crippen molar-refractivity contribution in [1.29, 1.82) is 0 Å². The molecule has 0 unspecified atom stereocenters. The molecule has 0 bridgehead atoms. The second kappa shape index (κ2) is 8.26. The van der Waals surface area contributed by atoms with Crippen LogP contribution in [0.5, 0.6) is 0 Å². The first-order chi connectivity index (χ1) is 11.0. The van der Waals surface area contributed by atoms with Crippen molar-refractivity contribution in [2.24, 2.45) is 0 Å². The molecule has 0 spiro atoms. The van der Waals surface area contributed by atoms with Crippen LogP contribution in [0.3, 0.4) is 0 Å². The highest BCUT2D eigenvalue weighted by molar-refractivity contribution is 7.98. The minimum absolute atomic E-state index is 0.137. The second-order valence-electron chi connectivity index (χ2n) is 5.07. The Labute approximate surface area is 144 Å². The van der Waals surface area contributed by atoms with Gasteiger partial charge >= 0.3 is 5.97 Å². The number of amides is 1. The number of carbonyl (C=O) groups is 2. The summed E-state index contributed by atoms with van der Waals surface area (Å²) in [6.45, 7) is 0.137. The van der Waals surface area contributed by atoms with Gasteiger partial charge in [-0.25, -0.2) is 4.79 Å². The molecule has 7 heteroatoms. The summed E-state index contributed by atoms with van der Waals surface area (Å²) in [5.74, 6) is 0.121. The Hall–Kier alpha value is -1.66. The number of fused-ring (bicyclic) bond motifs is 1. The van der Waals surface area contributed by atoms with Crippen molar-refractivity contribution in [2.75, 3.05) is 19.1 Å². The Morgan fingerprint density at radius 3 is 2.87 bits per heavy atom. The number of ether oxygens (including phenoxy) is 1. The minimum atomic E-state index is -0.615. The highest BCUT2D eigenvalue weighted by Gasteiger charge is 2.21. The standard InChI is InChI=1S/C16H19ClN2O3S/c1-22-16(21)13(6-8-23-2)18-15(20)10-19-7-5-11-9-12(17)3-4-14(11)19/h3-5,7,9,13H,6,8,10H2,1-2H3,(H,18,20)/t13-/m1/s1. The smallest absolute Gasteiger partial charge is 0.328 e. The zero-order valence-electron chi connectivity index (χ0n) is 13.0. The average Bonchev–Trinajstić information content (AvgIpc) is 2.92. The molecule has 1 aromatic carbocycles. The van der Waals surface area contributed by atoms with Crippen LogP contribution in [0.25, 0.3) is 10.9 Å². The predicted molar refractivity (Wildman–Crippen MR) is 93.9 cm³/mol. The van der Waals surface area contributed by atoms with E-state index >= 15 is 0 Å². The SMILES string of the molecule is COC(=O)[C@@H](CCSC)NC(=O)Cn1ccc2cc(Cl)ccc21. The van der Waals surface area contributed by atoms with Crippen LogP contribution in [0.15, 0.2) is 30.5 Å². The van der Waals surface area contributed by atoms with Crippen molar-refractivity contribution in [2.45, 2.75) is 19.0 Å². The van der Waals surface area contributed by atoms with Crippen molar-refractivity contribution in [1.82, 2.24) is 9.88 Å². The Bertz CT molecular complexity index is 702. The molecule has 0 fully saturated rings. The molecule has 0 aliphatic heterocycles. The summed E-state index contributed by atoms with van der Waals surface area (Å²) in [7, 11) is 1.32. The van der Waals surface area contributed by atoms with Gasteiger partial charge in [0.2, 0.25) is 5.91 Å². The fraction of sp³-hybridized carbons (Fsp3) is 0.375. The molecule has 1 aromatic heterocycles. The van der Waals surface area contributed by atoms with Gasteiger partial charge in [-0.15, -0.1) is 0 Å². The van der Waals surface area contributed by atoms with E-state index < -0.39 is 12.0 Å². The number of benzene rings is 1. The van der Waals surface area contributed by atoms with Crippen molar-refractivity contribution < 1.29 is 14.3 Å². The van der Waals surface area contributed by atoms with Crippen LogP contribution < -0.4 is 5.32 Å². The van der Waals surface area contributed by atoms with E-state index in [0.29, 0.717) is 11.4 Å². The largest absolute Gasteiger partial charge is 0.467 e. The molecule has 1 atom stereocenters. The van der Waals surface area contributed by atoms with Gasteiger partial charge in [-0.3, -0.25) is 4.79 Å². The van der Waals surface area contributed by atoms with Crippen LogP contribution in [-0.2, 0) is 20.9 Å². The summed E-state index contributed by atoms with van der Waals surface area (Å²) in [4.78, 5) is 24.0. The number of hydrogen-bond acceptors (Lipinski definition) is 4. The number of aromatic nitrogens is 1. The molecule has 1 amide bonds. The van der Waals surface area contributed by atoms with Gasteiger partial charge in [0.05, 0.1) is 7.11 Å². The van der Waals surface area contributed by atoms with Crippen LogP contribution in [0.4, 0.5) is 0 Å². The van der Waals surface area contributed by atoms with Gasteiger partial charge in [0.1, 0.15) is 12.6 Å². The highest BCUT2D eigenvalue weighted by atomic mass is 35.5. The molecule has 2 aromatic rings. The molecule has 0 saturated carbocycles. The van der Waals surface area contributed by atoms with Crippen molar-refractivity contribution >= 4 is 46.1 Å². The molecular formula is C16H19ClN2O3S. The molecule has 23 heavy (non-hydrogen) atoms. The van der Waals surface area contributed by atoms with Crippen LogP contribution in [-0.4, -0.2) is 41.6 Å². The Morgan fingerprint density at radius 2 is 2.17 bits per heavy atom. The molecule has 0 aliphatic carbocycles. The number of nitrogens with zero attached hydrogens (tertiary/aromatic N) is 1. The minimum Gasteiger partial charge on any atom is -0.467 e. The Kier molecular flexibility index (Phi) is 6.36. The number of methoxy groups -OCH3 is 1. The summed E-state index contributed by atoms with van der Waals surface area (Å²) in [5.41, 5.74) is 0.920. The van der Waals surface area contributed by atoms with Crippen molar-refractivity contribution in [3.05, 3.63) is 35.5 Å². The van der Waals surface area contributed by atoms with E-state index in [0.717, 1.165) is 16.7 Å². The van der Waals surface area contributed by atoms with Gasteiger partial charge < -0.3 is 14.6 Å². The van der Waals surface area contributed by atoms with Gasteiger partial charge in [0, 0.05) is 22.1 Å². The van der Waals surface area contributed by atoms with Gasteiger partial charge in [-0.2, -0.15) is 11.8 Å². The third kappa shape index (κ3) is 4.65. The molecular weight excluding hydrogens is 336 g/mol. The summed E-state index contributed by atoms with van der Waals surface area (Å²) >= 11 is 7.58. The lowest BCUT2D eigenvalue weighted by atomic mass is 10.2. The maximum atomic E-state index is 12.2. The lowest BCUT2D eigenvalue weighted by Gasteiger charge is -2.16. The topological polar surface area (TPSA) is 60.3 Å². The monoisotopic (exact) mass is 354 g/mol. The number of halogens is 1. The van der Waals surface area contributed by atoms with Crippen LogP contribution in [0.2, 0.25) is 5.02 Å². The summed E-state index contributed by atoms with van der Waals surface area (Å²) in [5, 5.41) is 4.37. The molecule has 1 N–H and O–H groups in total. The lowest BCUT2D eigenvalue weighted by Crippen LogP contribution is -2.43. The normalized spacial score (nSPS) is 12.1. The molecule has 1 heterocycles. The second-order valence-corrected chi connectivity index (χ2v) is 6.49. The summed E-state index contributed by atoms with van der Waals surface area (Å²) in [6, 6.07) is 6.79. The Balaban J connectivity index is 2.05. The number of hydrogen-bond donors (Lipinski definition) is 1. The maximum Gasteiger partial charge on any atom is 0.328 e. The zero-order chi connectivity index (χ0) is 16.8. The van der Waals surface area contributed by atoms with E-state index in [9.17, 15) is 9.59 Å². The van der Waals surface area contributed by atoms with Gasteiger partial charge in [0.15, 0.2) is 0 Å². The van der Waals surface area contributed by atoms with E-state index in [-0.39, 0.29) is 12.5 Å². The molecule has 2 rings (SSSR count). The van der Waals surface area contributed by atoms with Gasteiger partial charge in [-0.05, 0) is 42.7 Å². The van der Waals surface area contributed by atoms with E-state index in [2.05, 4.69) is 5.32 Å². The molecule has 0 radical (unpaired) electrons. The maximum absolute atomic E-state index is 12.2. The first-order valence-corrected chi connectivity index (χ1v) is 8.93. The highest BCUT2D eigenvalue weighted by Crippen LogP contribution is 2.20. The lowest BCUT2D eigenvalue weighted by molar-refractivity contribution is -0.145. The zero-order valence-corrected chi connectivity index (χ0v) is 14.6. The van der Waals surface area contributed by atoms with Crippen LogP contribution in [0, 0.1) is 0 Å². The number of nitrogens with one attached hydrogen (secondary N) is 1. The summed E-state index contributed by atoms with van der Waals surface area (Å²) < 4.78 is 6.57. The Morgan fingerprint density at radius 1 is 1.39 bits per heavy atom. The van der Waals surface area contributed by atoms with Crippen molar-refractivity contribution in [3.8, 4) is 0 Å². The van der Waals surface area contributed by atoms with E-state index in [1.807, 2.05) is 35.2 Å². The third-order valence-electron chi connectivity index (χ3n) is 3.48. The molecule has 0 aliphatic rings. The quantitative estimate of drug-likeness (QED) is 0.777. The number of rotatable bonds is 7. The van der Waals surface area contributed by atoms with Crippen molar-refractivity contribution in [3.63, 3.8) is 0 Å². The van der Waals surface area contributed by atoms with Gasteiger partial charge in [0.25, 0.3) is 0 Å². The van der Waals surface area contributed by atoms with E-state index in [1.54, 1.807) is 17.8 Å².